The van der Waals surface area contributed by atoms with Crippen LogP contribution in [0.5, 0.6) is 0 Å². The van der Waals surface area contributed by atoms with Gasteiger partial charge in [0.25, 0.3) is 0 Å². The Morgan fingerprint density at radius 1 is 1.31 bits per heavy atom. The minimum absolute atomic E-state index is 0.0557. The van der Waals surface area contributed by atoms with Crippen molar-refractivity contribution in [3.63, 3.8) is 0 Å². The molecule has 0 aromatic rings. The molecule has 2 atom stereocenters. The maximum absolute atomic E-state index is 12.0. The third-order valence-electron chi connectivity index (χ3n) is 3.64. The van der Waals surface area contributed by atoms with E-state index in [0.717, 1.165) is 25.9 Å². The van der Waals surface area contributed by atoms with E-state index in [1.165, 1.54) is 0 Å². The second-order valence-corrected chi connectivity index (χ2v) is 5.81. The van der Waals surface area contributed by atoms with Gasteiger partial charge in [0.15, 0.2) is 0 Å². The minimum Gasteiger partial charge on any atom is -0.481 e. The van der Waals surface area contributed by atoms with E-state index in [4.69, 9.17) is 5.11 Å². The highest BCUT2D eigenvalue weighted by Gasteiger charge is 2.50. The third kappa shape index (κ3) is 2.20. The average Bonchev–Trinajstić information content (AvgIpc) is 2.94. The van der Waals surface area contributed by atoms with E-state index < -0.39 is 11.9 Å². The Morgan fingerprint density at radius 3 is 2.50 bits per heavy atom. The first-order chi connectivity index (χ1) is 7.41. The molecule has 1 aliphatic carbocycles. The van der Waals surface area contributed by atoms with Gasteiger partial charge < -0.3 is 10.0 Å². The van der Waals surface area contributed by atoms with Gasteiger partial charge in [-0.3, -0.25) is 9.59 Å². The van der Waals surface area contributed by atoms with Crippen molar-refractivity contribution in [3.8, 4) is 0 Å². The Bertz CT molecular complexity index is 324. The summed E-state index contributed by atoms with van der Waals surface area (Å²) in [6, 6.07) is 0. The third-order valence-corrected chi connectivity index (χ3v) is 3.64. The summed E-state index contributed by atoms with van der Waals surface area (Å²) in [7, 11) is 0. The summed E-state index contributed by atoms with van der Waals surface area (Å²) < 4.78 is 0. The molecule has 2 aliphatic rings. The summed E-state index contributed by atoms with van der Waals surface area (Å²) in [5.41, 5.74) is 0.182. The van der Waals surface area contributed by atoms with Crippen LogP contribution >= 0.6 is 0 Å². The fraction of sp³-hybridized carbons (Fsp3) is 0.833. The highest BCUT2D eigenvalue weighted by atomic mass is 16.4. The van der Waals surface area contributed by atoms with Crippen LogP contribution in [0.15, 0.2) is 0 Å². The van der Waals surface area contributed by atoms with E-state index in [1.54, 1.807) is 0 Å². The van der Waals surface area contributed by atoms with Gasteiger partial charge in [0.05, 0.1) is 11.8 Å². The zero-order valence-corrected chi connectivity index (χ0v) is 9.90. The van der Waals surface area contributed by atoms with Gasteiger partial charge in [-0.05, 0) is 24.7 Å². The number of hydrogen-bond donors (Lipinski definition) is 1. The molecule has 4 nitrogen and oxygen atoms in total. The monoisotopic (exact) mass is 225 g/mol. The Hall–Kier alpha value is -1.06. The number of carboxylic acids is 1. The maximum atomic E-state index is 12.0. The van der Waals surface area contributed by atoms with E-state index in [9.17, 15) is 9.59 Å². The van der Waals surface area contributed by atoms with Gasteiger partial charge in [0.2, 0.25) is 5.91 Å². The summed E-state index contributed by atoms with van der Waals surface area (Å²) in [5.74, 6) is -1.43. The van der Waals surface area contributed by atoms with Crippen LogP contribution in [0.2, 0.25) is 0 Å². The van der Waals surface area contributed by atoms with Crippen LogP contribution in [0, 0.1) is 17.3 Å². The number of carbonyl (C=O) groups is 2. The van der Waals surface area contributed by atoms with E-state index in [1.807, 2.05) is 4.90 Å². The second kappa shape index (κ2) is 3.75. The molecule has 2 fully saturated rings. The lowest BCUT2D eigenvalue weighted by molar-refractivity contribution is -0.143. The number of likely N-dealkylation sites (tertiary alicyclic amines) is 1. The summed E-state index contributed by atoms with van der Waals surface area (Å²) in [6.07, 6.45) is 2.71. The van der Waals surface area contributed by atoms with Gasteiger partial charge in [-0.25, -0.2) is 0 Å². The Kier molecular flexibility index (Phi) is 2.68. The van der Waals surface area contributed by atoms with Crippen molar-refractivity contribution in [3.05, 3.63) is 0 Å². The predicted molar refractivity (Wildman–Crippen MR) is 58.8 cm³/mol. The number of nitrogens with zero attached hydrogens (tertiary/aromatic N) is 1. The predicted octanol–water partition coefficient (Wildman–Crippen LogP) is 1.36. The van der Waals surface area contributed by atoms with Crippen molar-refractivity contribution < 1.29 is 14.7 Å². The number of carbonyl (C=O) groups excluding carboxylic acids is 1. The molecule has 0 radical (unpaired) electrons. The molecule has 1 saturated carbocycles. The van der Waals surface area contributed by atoms with E-state index in [-0.39, 0.29) is 17.2 Å². The van der Waals surface area contributed by atoms with Gasteiger partial charge in [0.1, 0.15) is 0 Å². The SMILES string of the molecule is CC1(C)CCCN(C(=O)C2CC2C(=O)O)C1. The molecule has 1 saturated heterocycles. The molecule has 16 heavy (non-hydrogen) atoms. The smallest absolute Gasteiger partial charge is 0.307 e. The molecule has 4 heteroatoms. The normalized spacial score (nSPS) is 32.2. The zero-order valence-electron chi connectivity index (χ0n) is 9.90. The highest BCUT2D eigenvalue weighted by molar-refractivity contribution is 5.89. The minimum atomic E-state index is -0.824. The van der Waals surface area contributed by atoms with Crippen LogP contribution < -0.4 is 0 Å². The molecule has 2 unspecified atom stereocenters. The molecule has 0 spiro atoms. The first kappa shape index (κ1) is 11.4. The fourth-order valence-corrected chi connectivity index (χ4v) is 2.59. The Morgan fingerprint density at radius 2 is 2.00 bits per heavy atom. The molecular formula is C12H19NO3. The molecule has 90 valence electrons. The van der Waals surface area contributed by atoms with Crippen LogP contribution in [-0.4, -0.2) is 35.0 Å². The number of amides is 1. The topological polar surface area (TPSA) is 57.6 Å². The number of hydrogen-bond acceptors (Lipinski definition) is 2. The van der Waals surface area contributed by atoms with Crippen molar-refractivity contribution in [1.82, 2.24) is 4.90 Å². The first-order valence-corrected chi connectivity index (χ1v) is 5.92. The van der Waals surface area contributed by atoms with E-state index >= 15 is 0 Å². The zero-order chi connectivity index (χ0) is 11.9. The van der Waals surface area contributed by atoms with Crippen molar-refractivity contribution in [2.75, 3.05) is 13.1 Å². The molecule has 2 rings (SSSR count). The number of carboxylic acid groups (broad SMARTS) is 1. The summed E-state index contributed by atoms with van der Waals surface area (Å²) in [5, 5.41) is 8.80. The highest BCUT2D eigenvalue weighted by Crippen LogP contribution is 2.41. The summed E-state index contributed by atoms with van der Waals surface area (Å²) in [4.78, 5) is 24.6. The number of aliphatic carboxylic acids is 1. The molecule has 1 N–H and O–H groups in total. The van der Waals surface area contributed by atoms with Crippen LogP contribution in [0.25, 0.3) is 0 Å². The van der Waals surface area contributed by atoms with Crippen LogP contribution in [0.1, 0.15) is 33.1 Å². The molecule has 0 bridgehead atoms. The van der Waals surface area contributed by atoms with Crippen molar-refractivity contribution in [2.24, 2.45) is 17.3 Å². The van der Waals surface area contributed by atoms with Crippen molar-refractivity contribution >= 4 is 11.9 Å². The molecule has 1 aliphatic heterocycles. The van der Waals surface area contributed by atoms with E-state index in [2.05, 4.69) is 13.8 Å². The average molecular weight is 225 g/mol. The molecule has 1 heterocycles. The van der Waals surface area contributed by atoms with Gasteiger partial charge >= 0.3 is 5.97 Å². The standard InChI is InChI=1S/C12H19NO3/c1-12(2)4-3-5-13(7-12)10(14)8-6-9(8)11(15)16/h8-9H,3-7H2,1-2H3,(H,15,16). The number of rotatable bonds is 2. The van der Waals surface area contributed by atoms with Gasteiger partial charge in [-0.1, -0.05) is 13.8 Å². The van der Waals surface area contributed by atoms with Gasteiger partial charge in [0, 0.05) is 13.1 Å². The summed E-state index contributed by atoms with van der Waals surface area (Å²) >= 11 is 0. The Balaban J connectivity index is 1.93. The largest absolute Gasteiger partial charge is 0.481 e. The van der Waals surface area contributed by atoms with Crippen molar-refractivity contribution in [2.45, 2.75) is 33.1 Å². The van der Waals surface area contributed by atoms with Crippen molar-refractivity contribution in [1.29, 1.82) is 0 Å². The molecule has 1 amide bonds. The van der Waals surface area contributed by atoms with Gasteiger partial charge in [-0.2, -0.15) is 0 Å². The van der Waals surface area contributed by atoms with Crippen LogP contribution in [-0.2, 0) is 9.59 Å². The van der Waals surface area contributed by atoms with Crippen LogP contribution in [0.4, 0.5) is 0 Å². The lowest BCUT2D eigenvalue weighted by Gasteiger charge is -2.38. The first-order valence-electron chi connectivity index (χ1n) is 5.92. The molecular weight excluding hydrogens is 206 g/mol. The maximum Gasteiger partial charge on any atom is 0.307 e. The molecule has 0 aromatic carbocycles. The van der Waals surface area contributed by atoms with E-state index in [0.29, 0.717) is 6.42 Å². The van der Waals surface area contributed by atoms with Gasteiger partial charge in [-0.15, -0.1) is 0 Å². The Labute approximate surface area is 95.6 Å². The second-order valence-electron chi connectivity index (χ2n) is 5.81. The quantitative estimate of drug-likeness (QED) is 0.772. The van der Waals surface area contributed by atoms with Crippen LogP contribution in [0.3, 0.4) is 0 Å². The lowest BCUT2D eigenvalue weighted by atomic mass is 9.84. The summed E-state index contributed by atoms with van der Waals surface area (Å²) in [6.45, 7) is 5.89. The fourth-order valence-electron chi connectivity index (χ4n) is 2.59. The molecule has 0 aromatic heterocycles. The number of piperidine rings is 1. The lowest BCUT2D eigenvalue weighted by Crippen LogP contribution is -2.44.